The van der Waals surface area contributed by atoms with Gasteiger partial charge in [-0.2, -0.15) is 0 Å². The lowest BCUT2D eigenvalue weighted by Crippen LogP contribution is -2.03. The maximum absolute atomic E-state index is 10.8. The van der Waals surface area contributed by atoms with Crippen LogP contribution >= 0.6 is 23.2 Å². The highest BCUT2D eigenvalue weighted by Crippen LogP contribution is 2.28. The van der Waals surface area contributed by atoms with Gasteiger partial charge in [0.2, 0.25) is 0 Å². The molecule has 0 aliphatic rings. The highest BCUT2D eigenvalue weighted by Gasteiger charge is 2.15. The SMILES string of the molecule is NCc1ccc(OCC(Cl)=CCl)c([N+](=O)[O-])c1. The molecule has 2 N–H and O–H groups in total. The zero-order valence-corrected chi connectivity index (χ0v) is 10.2. The molecule has 92 valence electrons. The van der Waals surface area contributed by atoms with Crippen molar-refractivity contribution >= 4 is 28.9 Å². The Labute approximate surface area is 108 Å². The van der Waals surface area contributed by atoms with Gasteiger partial charge in [0.1, 0.15) is 6.61 Å². The normalized spacial score (nSPS) is 11.4. The summed E-state index contributed by atoms with van der Waals surface area (Å²) in [6.07, 6.45) is 0. The lowest BCUT2D eigenvalue weighted by molar-refractivity contribution is -0.385. The Hall–Kier alpha value is -1.30. The molecule has 0 amide bonds. The van der Waals surface area contributed by atoms with E-state index < -0.39 is 4.92 Å². The van der Waals surface area contributed by atoms with Crippen molar-refractivity contribution in [3.63, 3.8) is 0 Å². The number of hydrogen-bond acceptors (Lipinski definition) is 4. The number of halogens is 2. The fourth-order valence-corrected chi connectivity index (χ4v) is 1.25. The first-order valence-corrected chi connectivity index (χ1v) is 5.45. The number of nitro groups is 1. The molecule has 5 nitrogen and oxygen atoms in total. The second-order valence-electron chi connectivity index (χ2n) is 3.11. The molecule has 0 spiro atoms. The summed E-state index contributed by atoms with van der Waals surface area (Å²) in [6.45, 7) is 0.206. The standard InChI is InChI=1S/C10H10Cl2N2O3/c11-4-8(12)6-17-10-2-1-7(5-13)3-9(10)14(15)16/h1-4H,5-6,13H2. The van der Waals surface area contributed by atoms with Crippen LogP contribution < -0.4 is 10.5 Å². The molecular weight excluding hydrogens is 267 g/mol. The molecule has 17 heavy (non-hydrogen) atoms. The second-order valence-corrected chi connectivity index (χ2v) is 3.81. The number of nitrogens with two attached hydrogens (primary N) is 1. The van der Waals surface area contributed by atoms with Crippen LogP contribution in [0.1, 0.15) is 5.56 Å². The third kappa shape index (κ3) is 3.89. The van der Waals surface area contributed by atoms with E-state index in [1.54, 1.807) is 6.07 Å². The predicted octanol–water partition coefficient (Wildman–Crippen LogP) is 2.75. The Kier molecular flexibility index (Phi) is 5.21. The number of nitrogens with zero attached hydrogens (tertiary/aromatic N) is 1. The van der Waals surface area contributed by atoms with Crippen LogP contribution in [0, 0.1) is 10.1 Å². The van der Waals surface area contributed by atoms with Crippen molar-refractivity contribution < 1.29 is 9.66 Å². The van der Waals surface area contributed by atoms with E-state index in [4.69, 9.17) is 33.7 Å². The lowest BCUT2D eigenvalue weighted by Gasteiger charge is -2.06. The maximum Gasteiger partial charge on any atom is 0.311 e. The van der Waals surface area contributed by atoms with E-state index in [1.807, 2.05) is 0 Å². The number of rotatable bonds is 5. The summed E-state index contributed by atoms with van der Waals surface area (Å²) in [5.41, 5.74) is 7.05. The molecule has 0 unspecified atom stereocenters. The van der Waals surface area contributed by atoms with Crippen LogP contribution in [0.15, 0.2) is 28.8 Å². The van der Waals surface area contributed by atoms with Crippen molar-refractivity contribution in [1.29, 1.82) is 0 Å². The topological polar surface area (TPSA) is 78.4 Å². The van der Waals surface area contributed by atoms with E-state index in [9.17, 15) is 10.1 Å². The molecule has 0 radical (unpaired) electrons. The van der Waals surface area contributed by atoms with Gasteiger partial charge in [0.25, 0.3) is 0 Å². The molecule has 0 bridgehead atoms. The minimum Gasteiger partial charge on any atom is -0.481 e. The Morgan fingerprint density at radius 1 is 1.59 bits per heavy atom. The summed E-state index contributed by atoms with van der Waals surface area (Å²) in [4.78, 5) is 10.3. The molecule has 0 saturated heterocycles. The number of benzene rings is 1. The second kappa shape index (κ2) is 6.44. The number of nitro benzene ring substituents is 1. The van der Waals surface area contributed by atoms with Gasteiger partial charge < -0.3 is 10.5 Å². The van der Waals surface area contributed by atoms with E-state index in [0.717, 1.165) is 5.54 Å². The summed E-state index contributed by atoms with van der Waals surface area (Å²) < 4.78 is 5.18. The summed E-state index contributed by atoms with van der Waals surface area (Å²) in [6, 6.07) is 4.51. The van der Waals surface area contributed by atoms with Gasteiger partial charge >= 0.3 is 5.69 Å². The first kappa shape index (κ1) is 13.8. The zero-order chi connectivity index (χ0) is 12.8. The summed E-state index contributed by atoms with van der Waals surface area (Å²) in [5.74, 6) is 0.129. The third-order valence-electron chi connectivity index (χ3n) is 1.94. The van der Waals surface area contributed by atoms with E-state index in [2.05, 4.69) is 0 Å². The van der Waals surface area contributed by atoms with E-state index in [1.165, 1.54) is 12.1 Å². The molecule has 1 aromatic carbocycles. The van der Waals surface area contributed by atoms with Gasteiger partial charge in [-0.05, 0) is 11.6 Å². The van der Waals surface area contributed by atoms with Crippen LogP contribution in [0.4, 0.5) is 5.69 Å². The number of ether oxygens (including phenoxy) is 1. The van der Waals surface area contributed by atoms with Crippen LogP contribution in [0.2, 0.25) is 0 Å². The number of hydrogen-bond donors (Lipinski definition) is 1. The van der Waals surface area contributed by atoms with Crippen molar-refractivity contribution in [1.82, 2.24) is 0 Å². The van der Waals surface area contributed by atoms with E-state index in [-0.39, 0.29) is 29.6 Å². The first-order valence-electron chi connectivity index (χ1n) is 4.63. The molecular formula is C10H10Cl2N2O3. The summed E-state index contributed by atoms with van der Waals surface area (Å²) in [7, 11) is 0. The molecule has 0 aliphatic carbocycles. The first-order chi connectivity index (χ1) is 8.08. The van der Waals surface area contributed by atoms with Crippen molar-refractivity contribution in [3.05, 3.63) is 44.4 Å². The van der Waals surface area contributed by atoms with Crippen LogP contribution in [0.25, 0.3) is 0 Å². The molecule has 0 aromatic heterocycles. The van der Waals surface area contributed by atoms with Gasteiger partial charge in [0.05, 0.1) is 9.96 Å². The van der Waals surface area contributed by atoms with Gasteiger partial charge in [-0.15, -0.1) is 0 Å². The maximum atomic E-state index is 10.8. The van der Waals surface area contributed by atoms with Crippen LogP contribution in [-0.2, 0) is 6.54 Å². The third-order valence-corrected chi connectivity index (χ3v) is 2.53. The Morgan fingerprint density at radius 2 is 2.29 bits per heavy atom. The minimum absolute atomic E-state index is 0.0200. The molecule has 0 atom stereocenters. The summed E-state index contributed by atoms with van der Waals surface area (Å²) >= 11 is 11.0. The lowest BCUT2D eigenvalue weighted by atomic mass is 10.2. The van der Waals surface area contributed by atoms with Crippen molar-refractivity contribution in [3.8, 4) is 5.75 Å². The van der Waals surface area contributed by atoms with Gasteiger partial charge in [-0.1, -0.05) is 29.3 Å². The van der Waals surface area contributed by atoms with E-state index >= 15 is 0 Å². The Morgan fingerprint density at radius 3 is 2.82 bits per heavy atom. The average molecular weight is 277 g/mol. The van der Waals surface area contributed by atoms with Gasteiger partial charge in [-0.3, -0.25) is 10.1 Å². The molecule has 7 heteroatoms. The largest absolute Gasteiger partial charge is 0.481 e. The zero-order valence-electron chi connectivity index (χ0n) is 8.73. The molecule has 0 saturated carbocycles. The van der Waals surface area contributed by atoms with Crippen molar-refractivity contribution in [2.24, 2.45) is 5.73 Å². The smallest absolute Gasteiger partial charge is 0.311 e. The molecule has 1 aromatic rings. The fraction of sp³-hybridized carbons (Fsp3) is 0.200. The molecule has 0 fully saturated rings. The van der Waals surface area contributed by atoms with Crippen LogP contribution in [-0.4, -0.2) is 11.5 Å². The van der Waals surface area contributed by atoms with Gasteiger partial charge in [0, 0.05) is 18.1 Å². The van der Waals surface area contributed by atoms with Crippen molar-refractivity contribution in [2.75, 3.05) is 6.61 Å². The fourth-order valence-electron chi connectivity index (χ4n) is 1.13. The van der Waals surface area contributed by atoms with Crippen molar-refractivity contribution in [2.45, 2.75) is 6.54 Å². The minimum atomic E-state index is -0.535. The molecule has 1 rings (SSSR count). The quantitative estimate of drug-likeness (QED) is 0.663. The predicted molar refractivity (Wildman–Crippen MR) is 66.3 cm³/mol. The van der Waals surface area contributed by atoms with Gasteiger partial charge in [0.15, 0.2) is 5.75 Å². The van der Waals surface area contributed by atoms with Crippen LogP contribution in [0.5, 0.6) is 5.75 Å². The highest BCUT2D eigenvalue weighted by molar-refractivity contribution is 6.36. The molecule has 0 heterocycles. The monoisotopic (exact) mass is 276 g/mol. The Balaban J connectivity index is 2.94. The van der Waals surface area contributed by atoms with Crippen LogP contribution in [0.3, 0.4) is 0 Å². The van der Waals surface area contributed by atoms with E-state index in [0.29, 0.717) is 5.56 Å². The average Bonchev–Trinajstić information content (AvgIpc) is 2.35. The summed E-state index contributed by atoms with van der Waals surface area (Å²) in [5, 5.41) is 11.1. The van der Waals surface area contributed by atoms with Gasteiger partial charge in [-0.25, -0.2) is 0 Å². The Bertz CT molecular complexity index is 449. The highest BCUT2D eigenvalue weighted by atomic mass is 35.5. The molecule has 0 aliphatic heterocycles.